The molecule has 1 aromatic rings. The Bertz CT molecular complexity index is 1100. The van der Waals surface area contributed by atoms with Crippen molar-refractivity contribution < 1.29 is 42.4 Å². The normalized spacial score (nSPS) is 29.8. The third kappa shape index (κ3) is 8.61. The van der Waals surface area contributed by atoms with Crippen molar-refractivity contribution in [3.8, 4) is 0 Å². The molecule has 0 aromatic heterocycles. The maximum atomic E-state index is 13.4. The van der Waals surface area contributed by atoms with Gasteiger partial charge < -0.3 is 29.2 Å². The summed E-state index contributed by atoms with van der Waals surface area (Å²) < 4.78 is 51.0. The highest BCUT2D eigenvalue weighted by Crippen LogP contribution is 2.41. The molecule has 2 N–H and O–H groups in total. The number of aliphatic hydroxyl groups excluding tert-OH is 2. The summed E-state index contributed by atoms with van der Waals surface area (Å²) in [5.74, 6) is -0.886. The standard InChI is InChI=1S/C31H48O9S/c1-7-13-38-30(34)31(4,5)17-23-14-20(2)21(3)26(39-23)16-27-25(19-41(35,36)24-11-9-8-10-12-24)29(37-6)28(40-27)15-22(33)18-32/h8-12,20,22-23,25-29,32-33H,3,7,13-19H2,1-2,4-6H3/t20-,22+,23+,25+,26-,27+,28-,29-/m1/s1. The predicted octanol–water partition coefficient (Wildman–Crippen LogP) is 3.71. The summed E-state index contributed by atoms with van der Waals surface area (Å²) in [6.45, 7) is 12.0. The maximum Gasteiger partial charge on any atom is 0.311 e. The first-order chi connectivity index (χ1) is 19.3. The predicted molar refractivity (Wildman–Crippen MR) is 155 cm³/mol. The third-order valence-electron chi connectivity index (χ3n) is 8.31. The van der Waals surface area contributed by atoms with Gasteiger partial charge in [0.05, 0.1) is 65.9 Å². The van der Waals surface area contributed by atoms with Gasteiger partial charge in [-0.25, -0.2) is 8.42 Å². The number of methoxy groups -OCH3 is 1. The molecule has 2 fully saturated rings. The molecule has 0 bridgehead atoms. The maximum absolute atomic E-state index is 13.4. The van der Waals surface area contributed by atoms with Gasteiger partial charge in [0.1, 0.15) is 0 Å². The van der Waals surface area contributed by atoms with Crippen LogP contribution in [0.4, 0.5) is 0 Å². The average Bonchev–Trinajstić information content (AvgIpc) is 3.24. The van der Waals surface area contributed by atoms with Crippen molar-refractivity contribution in [2.75, 3.05) is 26.1 Å². The largest absolute Gasteiger partial charge is 0.465 e. The van der Waals surface area contributed by atoms with Crippen molar-refractivity contribution >= 4 is 15.8 Å². The van der Waals surface area contributed by atoms with E-state index in [1.165, 1.54) is 7.11 Å². The van der Waals surface area contributed by atoms with Gasteiger partial charge >= 0.3 is 5.97 Å². The highest BCUT2D eigenvalue weighted by molar-refractivity contribution is 7.91. The van der Waals surface area contributed by atoms with Gasteiger partial charge in [-0.1, -0.05) is 38.6 Å². The van der Waals surface area contributed by atoms with E-state index >= 15 is 0 Å². The van der Waals surface area contributed by atoms with E-state index in [0.29, 0.717) is 25.9 Å². The summed E-state index contributed by atoms with van der Waals surface area (Å²) in [6, 6.07) is 8.27. The molecular weight excluding hydrogens is 548 g/mol. The topological polar surface area (TPSA) is 129 Å². The van der Waals surface area contributed by atoms with Gasteiger partial charge in [0, 0.05) is 25.9 Å². The van der Waals surface area contributed by atoms with Gasteiger partial charge in [0.15, 0.2) is 9.84 Å². The quantitative estimate of drug-likeness (QED) is 0.244. The van der Waals surface area contributed by atoms with Crippen molar-refractivity contribution in [1.29, 1.82) is 0 Å². The van der Waals surface area contributed by atoms with Crippen LogP contribution in [0, 0.1) is 17.3 Å². The van der Waals surface area contributed by atoms with Gasteiger partial charge in [-0.3, -0.25) is 4.79 Å². The molecule has 0 radical (unpaired) electrons. The molecule has 9 nitrogen and oxygen atoms in total. The first-order valence-corrected chi connectivity index (χ1v) is 16.2. The Morgan fingerprint density at radius 1 is 1.20 bits per heavy atom. The molecule has 10 heteroatoms. The number of carbonyl (C=O) groups excluding carboxylic acids is 1. The van der Waals surface area contributed by atoms with Crippen molar-refractivity contribution in [3.63, 3.8) is 0 Å². The van der Waals surface area contributed by atoms with Crippen LogP contribution in [-0.4, -0.2) is 87.3 Å². The van der Waals surface area contributed by atoms with Gasteiger partial charge in [-0.2, -0.15) is 0 Å². The van der Waals surface area contributed by atoms with Crippen LogP contribution in [-0.2, 0) is 33.6 Å². The molecule has 41 heavy (non-hydrogen) atoms. The minimum atomic E-state index is -3.68. The number of ether oxygens (including phenoxy) is 4. The molecule has 0 aliphatic carbocycles. The number of carbonyl (C=O) groups is 1. The Hall–Kier alpha value is -1.82. The van der Waals surface area contributed by atoms with Crippen molar-refractivity contribution in [1.82, 2.24) is 0 Å². The fourth-order valence-corrected chi connectivity index (χ4v) is 7.66. The first-order valence-electron chi connectivity index (χ1n) is 14.6. The van der Waals surface area contributed by atoms with E-state index < -0.39 is 58.3 Å². The van der Waals surface area contributed by atoms with Crippen LogP contribution in [0.2, 0.25) is 0 Å². The number of sulfone groups is 1. The van der Waals surface area contributed by atoms with E-state index in [1.54, 1.807) is 30.3 Å². The molecule has 8 atom stereocenters. The van der Waals surface area contributed by atoms with E-state index in [4.69, 9.17) is 18.9 Å². The van der Waals surface area contributed by atoms with Crippen LogP contribution in [0.5, 0.6) is 0 Å². The third-order valence-corrected chi connectivity index (χ3v) is 10.1. The lowest BCUT2D eigenvalue weighted by molar-refractivity contribution is -0.158. The number of aliphatic hydroxyl groups is 2. The van der Waals surface area contributed by atoms with E-state index in [-0.39, 0.29) is 35.1 Å². The summed E-state index contributed by atoms with van der Waals surface area (Å²) in [5, 5.41) is 19.6. The number of hydrogen-bond donors (Lipinski definition) is 2. The molecule has 0 amide bonds. The van der Waals surface area contributed by atoms with Crippen LogP contribution in [0.1, 0.15) is 59.8 Å². The molecule has 2 aliphatic heterocycles. The van der Waals surface area contributed by atoms with E-state index in [2.05, 4.69) is 13.5 Å². The molecule has 2 heterocycles. The molecule has 0 saturated carbocycles. The van der Waals surface area contributed by atoms with Crippen molar-refractivity contribution in [2.24, 2.45) is 17.3 Å². The number of rotatable bonds is 14. The van der Waals surface area contributed by atoms with Crippen molar-refractivity contribution in [2.45, 2.75) is 101 Å². The Morgan fingerprint density at radius 3 is 2.49 bits per heavy atom. The first kappa shape index (κ1) is 33.7. The summed E-state index contributed by atoms with van der Waals surface area (Å²) >= 11 is 0. The lowest BCUT2D eigenvalue weighted by Crippen LogP contribution is -2.42. The zero-order valence-corrected chi connectivity index (χ0v) is 25.8. The van der Waals surface area contributed by atoms with Crippen LogP contribution in [0.25, 0.3) is 0 Å². The minimum Gasteiger partial charge on any atom is -0.465 e. The second-order valence-electron chi connectivity index (χ2n) is 12.2. The second kappa shape index (κ2) is 14.6. The van der Waals surface area contributed by atoms with Gasteiger partial charge in [-0.15, -0.1) is 0 Å². The fourth-order valence-electron chi connectivity index (χ4n) is 5.99. The van der Waals surface area contributed by atoms with Gasteiger partial charge in [0.25, 0.3) is 0 Å². The molecule has 1 aromatic carbocycles. The van der Waals surface area contributed by atoms with Crippen LogP contribution in [0.3, 0.4) is 0 Å². The molecular formula is C31H48O9S. The highest BCUT2D eigenvalue weighted by atomic mass is 32.2. The Balaban J connectivity index is 1.83. The number of benzene rings is 1. The summed E-state index contributed by atoms with van der Waals surface area (Å²) in [6.07, 6.45) is -1.06. The lowest BCUT2D eigenvalue weighted by atomic mass is 9.79. The zero-order chi connectivity index (χ0) is 30.4. The SMILES string of the molecule is C=C1[C@H](C)C[C@@H](CC(C)(C)C(=O)OCCC)O[C@@H]1C[C@@H]1O[C@H](C[C@H](O)CO)[C@H](OC)[C@H]1CS(=O)(=O)c1ccccc1. The molecule has 0 spiro atoms. The monoisotopic (exact) mass is 596 g/mol. The van der Waals surface area contributed by atoms with Gasteiger partial charge in [-0.05, 0) is 56.7 Å². The van der Waals surface area contributed by atoms with Crippen molar-refractivity contribution in [3.05, 3.63) is 42.5 Å². The number of hydrogen-bond acceptors (Lipinski definition) is 9. The Labute approximate surface area is 245 Å². The second-order valence-corrected chi connectivity index (χ2v) is 14.2. The molecule has 2 aliphatic rings. The van der Waals surface area contributed by atoms with E-state index in [0.717, 1.165) is 12.0 Å². The minimum absolute atomic E-state index is 0.104. The Kier molecular flexibility index (Phi) is 12.0. The highest BCUT2D eigenvalue weighted by Gasteiger charge is 2.49. The number of esters is 1. The van der Waals surface area contributed by atoms with E-state index in [1.807, 2.05) is 20.8 Å². The summed E-state index contributed by atoms with van der Waals surface area (Å²) in [4.78, 5) is 12.9. The lowest BCUT2D eigenvalue weighted by Gasteiger charge is -2.40. The fraction of sp³-hybridized carbons (Fsp3) is 0.710. The van der Waals surface area contributed by atoms with Gasteiger partial charge in [0.2, 0.25) is 0 Å². The van der Waals surface area contributed by atoms with Crippen LogP contribution >= 0.6 is 0 Å². The van der Waals surface area contributed by atoms with Crippen LogP contribution in [0.15, 0.2) is 47.4 Å². The van der Waals surface area contributed by atoms with Crippen LogP contribution < -0.4 is 0 Å². The summed E-state index contributed by atoms with van der Waals surface area (Å²) in [7, 11) is -2.18. The average molecular weight is 597 g/mol. The smallest absolute Gasteiger partial charge is 0.311 e. The zero-order valence-electron chi connectivity index (χ0n) is 25.0. The molecule has 3 rings (SSSR count). The Morgan fingerprint density at radius 2 is 1.88 bits per heavy atom. The molecule has 232 valence electrons. The molecule has 0 unspecified atom stereocenters. The van der Waals surface area contributed by atoms with E-state index in [9.17, 15) is 23.4 Å². The summed E-state index contributed by atoms with van der Waals surface area (Å²) in [5.41, 5.74) is 0.166. The molecule has 2 saturated heterocycles.